The molecule has 1 unspecified atom stereocenters. The molecule has 1 fully saturated rings. The number of ketones is 1. The molecule has 4 aromatic rings. The molecule has 0 saturated carbocycles. The summed E-state index contributed by atoms with van der Waals surface area (Å²) in [5.41, 5.74) is 3.73. The number of amides is 1. The molecule has 1 atom stereocenters. The maximum Gasteiger partial charge on any atom is 0.300 e. The molecule has 0 radical (unpaired) electrons. The number of aromatic nitrogens is 1. The van der Waals surface area contributed by atoms with Gasteiger partial charge in [-0.15, -0.1) is 0 Å². The van der Waals surface area contributed by atoms with E-state index >= 15 is 0 Å². The topological polar surface area (TPSA) is 76.6 Å². The van der Waals surface area contributed by atoms with E-state index in [2.05, 4.69) is 4.98 Å². The van der Waals surface area contributed by atoms with Crippen LogP contribution in [0.4, 0.5) is 11.4 Å². The Morgan fingerprint density at radius 3 is 2.27 bits per heavy atom. The van der Waals surface area contributed by atoms with Crippen molar-refractivity contribution < 1.29 is 14.7 Å². The Kier molecular flexibility index (Phi) is 4.98. The molecule has 1 aliphatic rings. The summed E-state index contributed by atoms with van der Waals surface area (Å²) >= 11 is 0. The molecule has 6 nitrogen and oxygen atoms in total. The lowest BCUT2D eigenvalue weighted by Crippen LogP contribution is -2.29. The van der Waals surface area contributed by atoms with E-state index in [-0.39, 0.29) is 11.3 Å². The Hall–Kier alpha value is -4.32. The molecule has 5 rings (SSSR count). The van der Waals surface area contributed by atoms with Crippen LogP contribution in [-0.4, -0.2) is 35.9 Å². The number of aliphatic hydroxyl groups is 1. The maximum atomic E-state index is 13.3. The number of nitrogens with zero attached hydrogens (tertiary/aromatic N) is 2. The Morgan fingerprint density at radius 1 is 0.909 bits per heavy atom. The number of carbonyl (C=O) groups is 2. The third kappa shape index (κ3) is 3.36. The summed E-state index contributed by atoms with van der Waals surface area (Å²) in [7, 11) is 3.89. The summed E-state index contributed by atoms with van der Waals surface area (Å²) < 4.78 is 0. The number of aromatic amines is 1. The lowest BCUT2D eigenvalue weighted by Gasteiger charge is -2.26. The largest absolute Gasteiger partial charge is 0.507 e. The first-order chi connectivity index (χ1) is 16.0. The highest BCUT2D eigenvalue weighted by Gasteiger charge is 2.47. The molecule has 0 aliphatic carbocycles. The van der Waals surface area contributed by atoms with Crippen molar-refractivity contribution in [1.29, 1.82) is 0 Å². The van der Waals surface area contributed by atoms with Crippen LogP contribution in [0.3, 0.4) is 0 Å². The fraction of sp³-hybridized carbons (Fsp3) is 0.111. The van der Waals surface area contributed by atoms with Gasteiger partial charge in [-0.3, -0.25) is 14.5 Å². The number of para-hydroxylation sites is 2. The van der Waals surface area contributed by atoms with Crippen LogP contribution in [0, 0.1) is 0 Å². The number of carbonyl (C=O) groups excluding carboxylic acids is 2. The van der Waals surface area contributed by atoms with Gasteiger partial charge in [-0.05, 0) is 35.9 Å². The minimum atomic E-state index is -0.753. The molecular formula is C27H23N3O3. The van der Waals surface area contributed by atoms with E-state index in [0.717, 1.165) is 22.2 Å². The van der Waals surface area contributed by atoms with Crippen molar-refractivity contribution in [3.63, 3.8) is 0 Å². The fourth-order valence-corrected chi connectivity index (χ4v) is 4.37. The van der Waals surface area contributed by atoms with Crippen LogP contribution in [0.2, 0.25) is 0 Å². The second-order valence-electron chi connectivity index (χ2n) is 8.24. The van der Waals surface area contributed by atoms with Gasteiger partial charge in [-0.2, -0.15) is 0 Å². The van der Waals surface area contributed by atoms with Crippen LogP contribution >= 0.6 is 0 Å². The predicted octanol–water partition coefficient (Wildman–Crippen LogP) is 4.86. The summed E-state index contributed by atoms with van der Waals surface area (Å²) in [6.45, 7) is 0. The van der Waals surface area contributed by atoms with Crippen molar-refractivity contribution in [2.24, 2.45) is 0 Å². The van der Waals surface area contributed by atoms with Gasteiger partial charge in [0.05, 0.1) is 11.6 Å². The Labute approximate surface area is 191 Å². The minimum absolute atomic E-state index is 0.0752. The number of hydrogen-bond acceptors (Lipinski definition) is 4. The van der Waals surface area contributed by atoms with Crippen molar-refractivity contribution >= 4 is 39.7 Å². The first-order valence-electron chi connectivity index (χ1n) is 10.7. The number of hydrogen-bond donors (Lipinski definition) is 2. The number of benzene rings is 3. The molecule has 1 amide bonds. The second-order valence-corrected chi connectivity index (χ2v) is 8.24. The molecule has 164 valence electrons. The van der Waals surface area contributed by atoms with Gasteiger partial charge in [0.15, 0.2) is 0 Å². The average Bonchev–Trinajstić information content (AvgIpc) is 3.38. The lowest BCUT2D eigenvalue weighted by atomic mass is 9.94. The maximum absolute atomic E-state index is 13.3. The van der Waals surface area contributed by atoms with Crippen LogP contribution in [0.5, 0.6) is 0 Å². The molecular weight excluding hydrogens is 414 g/mol. The minimum Gasteiger partial charge on any atom is -0.507 e. The predicted molar refractivity (Wildman–Crippen MR) is 130 cm³/mol. The molecule has 2 N–H and O–H groups in total. The van der Waals surface area contributed by atoms with Crippen LogP contribution < -0.4 is 9.80 Å². The molecule has 2 heterocycles. The third-order valence-electron chi connectivity index (χ3n) is 6.05. The summed E-state index contributed by atoms with van der Waals surface area (Å²) in [4.78, 5) is 33.1. The van der Waals surface area contributed by atoms with Crippen molar-refractivity contribution in [2.75, 3.05) is 23.9 Å². The number of nitrogens with one attached hydrogen (secondary N) is 1. The molecule has 0 spiro atoms. The summed E-state index contributed by atoms with van der Waals surface area (Å²) in [6.07, 6.45) is 1.67. The zero-order valence-electron chi connectivity index (χ0n) is 18.3. The normalized spacial score (nSPS) is 17.6. The number of fused-ring (bicyclic) bond motifs is 1. The molecule has 1 aromatic heterocycles. The van der Waals surface area contributed by atoms with Gasteiger partial charge in [0.2, 0.25) is 0 Å². The number of Topliss-reactive ketones (excluding diaryl/α,β-unsaturated/α-hetero) is 1. The number of aliphatic hydroxyl groups excluding tert-OH is 1. The Morgan fingerprint density at radius 2 is 1.58 bits per heavy atom. The van der Waals surface area contributed by atoms with Crippen molar-refractivity contribution in [1.82, 2.24) is 4.98 Å². The molecule has 33 heavy (non-hydrogen) atoms. The van der Waals surface area contributed by atoms with E-state index in [4.69, 9.17) is 0 Å². The van der Waals surface area contributed by atoms with Gasteiger partial charge in [-0.1, -0.05) is 48.5 Å². The highest BCUT2D eigenvalue weighted by molar-refractivity contribution is 6.51. The summed E-state index contributed by atoms with van der Waals surface area (Å²) in [6, 6.07) is 23.5. The van der Waals surface area contributed by atoms with E-state index < -0.39 is 17.7 Å². The highest BCUT2D eigenvalue weighted by Crippen LogP contribution is 2.43. The standard InChI is InChI=1S/C27H23N3O3/c1-29(2)18-14-12-17(13-15-18)24-23(25(31)21-16-28-22-11-7-6-10-20(21)22)26(32)27(33)30(24)19-8-4-3-5-9-19/h3-16,24,28,31H,1-2H3/b25-23-. The van der Waals surface area contributed by atoms with Crippen LogP contribution in [0.15, 0.2) is 90.6 Å². The molecule has 3 aromatic carbocycles. The summed E-state index contributed by atoms with van der Waals surface area (Å²) in [5.74, 6) is -1.56. The van der Waals surface area contributed by atoms with Crippen molar-refractivity contribution in [2.45, 2.75) is 6.04 Å². The van der Waals surface area contributed by atoms with E-state index in [1.807, 2.05) is 85.7 Å². The van der Waals surface area contributed by atoms with Gasteiger partial charge in [0.25, 0.3) is 11.7 Å². The fourth-order valence-electron chi connectivity index (χ4n) is 4.37. The van der Waals surface area contributed by atoms with E-state index in [0.29, 0.717) is 11.3 Å². The monoisotopic (exact) mass is 437 g/mol. The molecule has 1 saturated heterocycles. The van der Waals surface area contributed by atoms with Gasteiger partial charge in [0, 0.05) is 48.1 Å². The number of rotatable bonds is 4. The smallest absolute Gasteiger partial charge is 0.300 e. The van der Waals surface area contributed by atoms with Gasteiger partial charge in [-0.25, -0.2) is 0 Å². The number of anilines is 2. The van der Waals surface area contributed by atoms with Crippen LogP contribution in [-0.2, 0) is 9.59 Å². The number of H-pyrrole nitrogens is 1. The summed E-state index contributed by atoms with van der Waals surface area (Å²) in [5, 5.41) is 12.2. The van der Waals surface area contributed by atoms with E-state index in [9.17, 15) is 14.7 Å². The van der Waals surface area contributed by atoms with Crippen LogP contribution in [0.25, 0.3) is 16.7 Å². The van der Waals surface area contributed by atoms with Crippen molar-refractivity contribution in [3.05, 3.63) is 102 Å². The molecule has 1 aliphatic heterocycles. The Bertz CT molecular complexity index is 1390. The lowest BCUT2D eigenvalue weighted by molar-refractivity contribution is -0.132. The van der Waals surface area contributed by atoms with E-state index in [1.54, 1.807) is 18.3 Å². The zero-order chi connectivity index (χ0) is 23.1. The first-order valence-corrected chi connectivity index (χ1v) is 10.7. The third-order valence-corrected chi connectivity index (χ3v) is 6.05. The van der Waals surface area contributed by atoms with Crippen molar-refractivity contribution in [3.8, 4) is 0 Å². The molecule has 6 heteroatoms. The zero-order valence-corrected chi connectivity index (χ0v) is 18.3. The van der Waals surface area contributed by atoms with Gasteiger partial charge >= 0.3 is 0 Å². The average molecular weight is 437 g/mol. The highest BCUT2D eigenvalue weighted by atomic mass is 16.3. The SMILES string of the molecule is CN(C)c1ccc(C2/C(=C(/O)c3c[nH]c4ccccc34)C(=O)C(=O)N2c2ccccc2)cc1. The van der Waals surface area contributed by atoms with E-state index in [1.165, 1.54) is 4.90 Å². The molecule has 0 bridgehead atoms. The van der Waals surface area contributed by atoms with Gasteiger partial charge in [0.1, 0.15) is 5.76 Å². The Balaban J connectivity index is 1.73. The quantitative estimate of drug-likeness (QED) is 0.272. The van der Waals surface area contributed by atoms with Crippen LogP contribution in [0.1, 0.15) is 17.2 Å². The van der Waals surface area contributed by atoms with Gasteiger partial charge < -0.3 is 15.0 Å². The first kappa shape index (κ1) is 20.6. The second kappa shape index (κ2) is 7.98.